The second kappa shape index (κ2) is 6.58. The van der Waals surface area contributed by atoms with Crippen LogP contribution in [0, 0.1) is 6.92 Å². The van der Waals surface area contributed by atoms with Gasteiger partial charge in [0.05, 0.1) is 22.2 Å². The molecule has 27 heavy (non-hydrogen) atoms. The van der Waals surface area contributed by atoms with E-state index in [4.69, 9.17) is 4.74 Å². The monoisotopic (exact) mass is 391 g/mol. The van der Waals surface area contributed by atoms with Crippen molar-refractivity contribution in [3.63, 3.8) is 0 Å². The van der Waals surface area contributed by atoms with E-state index in [2.05, 4.69) is 4.98 Å². The van der Waals surface area contributed by atoms with Crippen molar-refractivity contribution in [3.05, 3.63) is 53.3 Å². The molecule has 1 aromatic heterocycles. The van der Waals surface area contributed by atoms with E-state index in [1.807, 2.05) is 6.92 Å². The molecule has 1 saturated heterocycles. The van der Waals surface area contributed by atoms with E-state index in [0.717, 1.165) is 5.69 Å². The van der Waals surface area contributed by atoms with Crippen LogP contribution in [0.25, 0.3) is 0 Å². The number of ether oxygens (including phenoxy) is 1. The summed E-state index contributed by atoms with van der Waals surface area (Å²) in [5.41, 5.74) is 1.95. The van der Waals surface area contributed by atoms with Crippen LogP contribution in [-0.4, -0.2) is 55.0 Å². The van der Waals surface area contributed by atoms with Crippen molar-refractivity contribution in [3.8, 4) is 5.75 Å². The maximum absolute atomic E-state index is 13.0. The highest BCUT2D eigenvalue weighted by Gasteiger charge is 2.44. The standard InChI is InChI=1S/C18H18FN3O4S/c1-12-2-7-15-17(20-12)16-10-21(8-9-22(16)18(15)23)27(24,25)14-5-3-13(4-6-14)26-11-19/h2-7,16H,8-11H2,1H3. The Morgan fingerprint density at radius 2 is 1.93 bits per heavy atom. The molecule has 142 valence electrons. The third-order valence-corrected chi connectivity index (χ3v) is 6.78. The van der Waals surface area contributed by atoms with Gasteiger partial charge in [-0.05, 0) is 43.3 Å². The molecule has 2 aliphatic rings. The summed E-state index contributed by atoms with van der Waals surface area (Å²) in [6, 6.07) is 8.77. The fourth-order valence-electron chi connectivity index (χ4n) is 3.54. The highest BCUT2D eigenvalue weighted by Crippen LogP contribution is 2.36. The summed E-state index contributed by atoms with van der Waals surface area (Å²) in [5, 5.41) is 0. The summed E-state index contributed by atoms with van der Waals surface area (Å²) >= 11 is 0. The van der Waals surface area contributed by atoms with Gasteiger partial charge in [0.2, 0.25) is 16.9 Å². The van der Waals surface area contributed by atoms with Gasteiger partial charge >= 0.3 is 0 Å². The number of aryl methyl sites for hydroxylation is 1. The van der Waals surface area contributed by atoms with Gasteiger partial charge in [0.1, 0.15) is 5.75 Å². The van der Waals surface area contributed by atoms with E-state index in [-0.39, 0.29) is 35.7 Å². The van der Waals surface area contributed by atoms with Crippen molar-refractivity contribution in [1.82, 2.24) is 14.2 Å². The molecule has 0 saturated carbocycles. The minimum absolute atomic E-state index is 0.101. The molecule has 0 aliphatic carbocycles. The molecule has 0 radical (unpaired) electrons. The van der Waals surface area contributed by atoms with Crippen LogP contribution in [-0.2, 0) is 10.0 Å². The Kier molecular flexibility index (Phi) is 4.35. The van der Waals surface area contributed by atoms with Crippen molar-refractivity contribution >= 4 is 15.9 Å². The predicted molar refractivity (Wildman–Crippen MR) is 94.6 cm³/mol. The molecule has 0 N–H and O–H groups in total. The Bertz CT molecular complexity index is 994. The quantitative estimate of drug-likeness (QED) is 0.795. The normalized spacial score (nSPS) is 19.7. The summed E-state index contributed by atoms with van der Waals surface area (Å²) in [6.07, 6.45) is 0. The van der Waals surface area contributed by atoms with Gasteiger partial charge < -0.3 is 9.64 Å². The SMILES string of the molecule is Cc1ccc2c(n1)C1CN(S(=O)(=O)c3ccc(OCF)cc3)CCN1C2=O. The summed E-state index contributed by atoms with van der Waals surface area (Å²) in [5.74, 6) is 0.156. The van der Waals surface area contributed by atoms with Crippen LogP contribution in [0.4, 0.5) is 4.39 Å². The van der Waals surface area contributed by atoms with E-state index in [9.17, 15) is 17.6 Å². The smallest absolute Gasteiger partial charge is 0.256 e. The van der Waals surface area contributed by atoms with Crippen LogP contribution in [0.15, 0.2) is 41.3 Å². The minimum atomic E-state index is -3.74. The first-order chi connectivity index (χ1) is 12.9. The third kappa shape index (κ3) is 2.96. The van der Waals surface area contributed by atoms with Crippen LogP contribution in [0.1, 0.15) is 27.8 Å². The van der Waals surface area contributed by atoms with E-state index in [1.165, 1.54) is 28.6 Å². The molecule has 4 rings (SSSR count). The van der Waals surface area contributed by atoms with Crippen LogP contribution < -0.4 is 4.74 Å². The van der Waals surface area contributed by atoms with E-state index in [1.54, 1.807) is 17.0 Å². The number of piperazine rings is 1. The molecule has 1 amide bonds. The molecule has 7 nitrogen and oxygen atoms in total. The second-order valence-electron chi connectivity index (χ2n) is 6.49. The van der Waals surface area contributed by atoms with Crippen molar-refractivity contribution in [2.24, 2.45) is 0 Å². The third-order valence-electron chi connectivity index (χ3n) is 4.90. The van der Waals surface area contributed by atoms with Crippen LogP contribution in [0.3, 0.4) is 0 Å². The van der Waals surface area contributed by atoms with E-state index < -0.39 is 16.9 Å². The molecule has 2 aliphatic heterocycles. The van der Waals surface area contributed by atoms with Gasteiger partial charge in [0.25, 0.3) is 5.91 Å². The van der Waals surface area contributed by atoms with Crippen LogP contribution in [0.5, 0.6) is 5.75 Å². The lowest BCUT2D eigenvalue weighted by molar-refractivity contribution is 0.0625. The van der Waals surface area contributed by atoms with Crippen molar-refractivity contribution in [2.45, 2.75) is 17.9 Å². The summed E-state index contributed by atoms with van der Waals surface area (Å²) < 4.78 is 44.3. The van der Waals surface area contributed by atoms with Crippen LogP contribution in [0.2, 0.25) is 0 Å². The number of sulfonamides is 1. The molecule has 1 fully saturated rings. The molecule has 0 bridgehead atoms. The largest absolute Gasteiger partial charge is 0.463 e. The zero-order valence-electron chi connectivity index (χ0n) is 14.6. The van der Waals surface area contributed by atoms with Crippen molar-refractivity contribution < 1.29 is 22.3 Å². The molecule has 9 heteroatoms. The summed E-state index contributed by atoms with van der Waals surface area (Å²) in [6.45, 7) is 1.53. The van der Waals surface area contributed by atoms with E-state index >= 15 is 0 Å². The molecule has 1 aromatic carbocycles. The molecule has 0 spiro atoms. The average Bonchev–Trinajstić information content (AvgIpc) is 2.94. The lowest BCUT2D eigenvalue weighted by Gasteiger charge is -2.36. The first-order valence-corrected chi connectivity index (χ1v) is 9.93. The number of hydrogen-bond acceptors (Lipinski definition) is 5. The van der Waals surface area contributed by atoms with Gasteiger partial charge in [-0.1, -0.05) is 0 Å². The number of halogens is 1. The number of rotatable bonds is 4. The summed E-state index contributed by atoms with van der Waals surface area (Å²) in [7, 11) is -3.74. The number of benzene rings is 1. The minimum Gasteiger partial charge on any atom is -0.463 e. The number of carbonyl (C=O) groups is 1. The number of amides is 1. The number of nitrogens with zero attached hydrogens (tertiary/aromatic N) is 3. The maximum Gasteiger partial charge on any atom is 0.256 e. The van der Waals surface area contributed by atoms with Crippen molar-refractivity contribution in [1.29, 1.82) is 0 Å². The number of aromatic nitrogens is 1. The van der Waals surface area contributed by atoms with Gasteiger partial charge in [-0.2, -0.15) is 4.31 Å². The number of fused-ring (bicyclic) bond motifs is 3. The highest BCUT2D eigenvalue weighted by atomic mass is 32.2. The van der Waals surface area contributed by atoms with Gasteiger partial charge in [-0.3, -0.25) is 9.78 Å². The number of hydrogen-bond donors (Lipinski definition) is 0. The fourth-order valence-corrected chi connectivity index (χ4v) is 4.98. The predicted octanol–water partition coefficient (Wildman–Crippen LogP) is 1.90. The lowest BCUT2D eigenvalue weighted by atomic mass is 10.1. The highest BCUT2D eigenvalue weighted by molar-refractivity contribution is 7.89. The van der Waals surface area contributed by atoms with Crippen LogP contribution >= 0.6 is 0 Å². The Morgan fingerprint density at radius 1 is 1.19 bits per heavy atom. The first kappa shape index (κ1) is 17.9. The Hall–Kier alpha value is -2.52. The molecular formula is C18H18FN3O4S. The first-order valence-electron chi connectivity index (χ1n) is 8.49. The van der Waals surface area contributed by atoms with Gasteiger partial charge in [0.15, 0.2) is 0 Å². The Balaban J connectivity index is 1.62. The van der Waals surface area contributed by atoms with Gasteiger partial charge in [-0.15, -0.1) is 0 Å². The topological polar surface area (TPSA) is 79.8 Å². The fraction of sp³-hybridized carbons (Fsp3) is 0.333. The Labute approximate surface area is 156 Å². The summed E-state index contributed by atoms with van der Waals surface area (Å²) in [4.78, 5) is 18.8. The average molecular weight is 391 g/mol. The number of pyridine rings is 1. The number of alkyl halides is 1. The van der Waals surface area contributed by atoms with Gasteiger partial charge in [-0.25, -0.2) is 12.8 Å². The number of carbonyl (C=O) groups excluding carboxylic acids is 1. The zero-order valence-corrected chi connectivity index (χ0v) is 15.4. The Morgan fingerprint density at radius 3 is 2.63 bits per heavy atom. The zero-order chi connectivity index (χ0) is 19.2. The van der Waals surface area contributed by atoms with Gasteiger partial charge in [0, 0.05) is 25.3 Å². The molecule has 3 heterocycles. The lowest BCUT2D eigenvalue weighted by Crippen LogP contribution is -2.49. The maximum atomic E-state index is 13.0. The second-order valence-corrected chi connectivity index (χ2v) is 8.43. The van der Waals surface area contributed by atoms with Crippen molar-refractivity contribution in [2.75, 3.05) is 26.5 Å². The molecule has 1 unspecified atom stereocenters. The molecular weight excluding hydrogens is 373 g/mol. The van der Waals surface area contributed by atoms with E-state index in [0.29, 0.717) is 17.8 Å². The molecule has 2 aromatic rings. The molecule has 1 atom stereocenters.